The smallest absolute Gasteiger partial charge is 0.243 e. The molecule has 0 spiro atoms. The molecular formula is C17H26N3+. The minimum absolute atomic E-state index is 0.462. The minimum Gasteiger partial charge on any atom is -0.313 e. The van der Waals surface area contributed by atoms with Gasteiger partial charge < -0.3 is 5.32 Å². The number of nitrogens with one attached hydrogen (secondary N) is 1. The number of aromatic nitrogens is 2. The lowest BCUT2D eigenvalue weighted by Crippen LogP contribution is -2.44. The van der Waals surface area contributed by atoms with Crippen molar-refractivity contribution in [1.29, 1.82) is 0 Å². The Labute approximate surface area is 122 Å². The summed E-state index contributed by atoms with van der Waals surface area (Å²) < 4.78 is 4.55. The first-order chi connectivity index (χ1) is 9.81. The molecule has 0 unspecified atom stereocenters. The molecule has 1 N–H and O–H groups in total. The van der Waals surface area contributed by atoms with E-state index < -0.39 is 0 Å². The summed E-state index contributed by atoms with van der Waals surface area (Å²) in [6.07, 6.45) is 10.1. The largest absolute Gasteiger partial charge is 0.313 e. The third-order valence-electron chi connectivity index (χ3n) is 3.68. The lowest BCUT2D eigenvalue weighted by molar-refractivity contribution is -0.698. The normalized spacial score (nSPS) is 12.5. The van der Waals surface area contributed by atoms with Gasteiger partial charge in [0.2, 0.25) is 6.33 Å². The first-order valence-electron chi connectivity index (χ1n) is 7.58. The quantitative estimate of drug-likeness (QED) is 0.732. The van der Waals surface area contributed by atoms with E-state index in [0.717, 1.165) is 19.5 Å². The summed E-state index contributed by atoms with van der Waals surface area (Å²) in [6, 6.07) is 11.1. The molecular weight excluding hydrogens is 246 g/mol. The molecule has 1 heterocycles. The van der Waals surface area contributed by atoms with Gasteiger partial charge in [-0.05, 0) is 25.5 Å². The number of likely N-dealkylation sites (N-methyl/N-ethyl adjacent to an activating group) is 1. The van der Waals surface area contributed by atoms with Crippen LogP contribution in [0.15, 0.2) is 49.1 Å². The maximum atomic E-state index is 3.42. The summed E-state index contributed by atoms with van der Waals surface area (Å²) in [5, 5.41) is 3.42. The van der Waals surface area contributed by atoms with Crippen molar-refractivity contribution in [3.63, 3.8) is 0 Å². The van der Waals surface area contributed by atoms with Crippen molar-refractivity contribution in [2.24, 2.45) is 0 Å². The van der Waals surface area contributed by atoms with Crippen molar-refractivity contribution in [2.45, 2.75) is 45.3 Å². The Hall–Kier alpha value is -1.61. The molecule has 0 amide bonds. The fraction of sp³-hybridized carbons (Fsp3) is 0.471. The standard InChI is InChI=1S/C17H26N3/c1-3-4-10-19-11-12-20(15-19)14-17(18-2)13-16-8-6-5-7-9-16/h5-9,11-12,15,17-18H,3-4,10,13-14H2,1-2H3/q+1/t17-/m0/s1. The average Bonchev–Trinajstić information content (AvgIpc) is 2.93. The van der Waals surface area contributed by atoms with Crippen LogP contribution in [-0.2, 0) is 19.5 Å². The molecule has 3 nitrogen and oxygen atoms in total. The number of rotatable bonds is 8. The van der Waals surface area contributed by atoms with Crippen molar-refractivity contribution in [2.75, 3.05) is 7.05 Å². The van der Waals surface area contributed by atoms with Crippen LogP contribution in [0.2, 0.25) is 0 Å². The monoisotopic (exact) mass is 272 g/mol. The second-order valence-electron chi connectivity index (χ2n) is 5.38. The predicted octanol–water partition coefficient (Wildman–Crippen LogP) is 2.41. The Morgan fingerprint density at radius 2 is 2.05 bits per heavy atom. The molecule has 3 heteroatoms. The van der Waals surface area contributed by atoms with Crippen molar-refractivity contribution >= 4 is 0 Å². The van der Waals surface area contributed by atoms with Crippen LogP contribution in [0, 0.1) is 0 Å². The summed E-state index contributed by atoms with van der Waals surface area (Å²) in [7, 11) is 2.04. The maximum Gasteiger partial charge on any atom is 0.243 e. The van der Waals surface area contributed by atoms with Crippen molar-refractivity contribution in [3.05, 3.63) is 54.6 Å². The first kappa shape index (κ1) is 14.8. The summed E-state index contributed by atoms with van der Waals surface area (Å²) in [5.41, 5.74) is 1.39. The molecule has 108 valence electrons. The highest BCUT2D eigenvalue weighted by Crippen LogP contribution is 2.03. The number of benzene rings is 1. The number of aryl methyl sites for hydroxylation is 1. The molecule has 2 aromatic rings. The Morgan fingerprint density at radius 1 is 1.25 bits per heavy atom. The summed E-state index contributed by atoms with van der Waals surface area (Å²) in [6.45, 7) is 4.35. The molecule has 0 aliphatic carbocycles. The van der Waals surface area contributed by atoms with E-state index >= 15 is 0 Å². The molecule has 1 atom stereocenters. The molecule has 0 saturated carbocycles. The molecule has 0 fully saturated rings. The number of hydrogen-bond acceptors (Lipinski definition) is 1. The average molecular weight is 272 g/mol. The number of imidazole rings is 1. The highest BCUT2D eigenvalue weighted by molar-refractivity contribution is 5.15. The van der Waals surface area contributed by atoms with E-state index in [1.54, 1.807) is 0 Å². The molecule has 0 bridgehead atoms. The van der Waals surface area contributed by atoms with Crippen molar-refractivity contribution in [1.82, 2.24) is 9.88 Å². The summed E-state index contributed by atoms with van der Waals surface area (Å²) in [5.74, 6) is 0. The zero-order valence-electron chi connectivity index (χ0n) is 12.6. The van der Waals surface area contributed by atoms with E-state index in [1.165, 1.54) is 18.4 Å². The van der Waals surface area contributed by atoms with Crippen LogP contribution in [0.4, 0.5) is 0 Å². The highest BCUT2D eigenvalue weighted by Gasteiger charge is 2.12. The third-order valence-corrected chi connectivity index (χ3v) is 3.68. The van der Waals surface area contributed by atoms with E-state index in [1.807, 2.05) is 7.05 Å². The van der Waals surface area contributed by atoms with Crippen LogP contribution in [0.3, 0.4) is 0 Å². The minimum atomic E-state index is 0.462. The number of unbranched alkanes of at least 4 members (excludes halogenated alkanes) is 1. The first-order valence-corrected chi connectivity index (χ1v) is 7.58. The number of nitrogens with zero attached hydrogens (tertiary/aromatic N) is 2. The van der Waals surface area contributed by atoms with Crippen LogP contribution in [-0.4, -0.2) is 17.7 Å². The molecule has 20 heavy (non-hydrogen) atoms. The van der Waals surface area contributed by atoms with E-state index in [2.05, 4.69) is 70.4 Å². The van der Waals surface area contributed by atoms with E-state index in [-0.39, 0.29) is 0 Å². The Balaban J connectivity index is 1.91. The SMILES string of the molecule is CCCCn1cc[n+](C[C@H](Cc2ccccc2)NC)c1. The van der Waals surface area contributed by atoms with E-state index in [0.29, 0.717) is 6.04 Å². The van der Waals surface area contributed by atoms with Crippen molar-refractivity contribution < 1.29 is 4.57 Å². The zero-order valence-corrected chi connectivity index (χ0v) is 12.6. The van der Waals surface area contributed by atoms with Crippen LogP contribution in [0.5, 0.6) is 0 Å². The van der Waals surface area contributed by atoms with Gasteiger partial charge in [0.25, 0.3) is 0 Å². The molecule has 0 aliphatic rings. The van der Waals surface area contributed by atoms with Gasteiger partial charge >= 0.3 is 0 Å². The molecule has 2 rings (SSSR count). The zero-order chi connectivity index (χ0) is 14.2. The molecule has 1 aromatic heterocycles. The molecule has 1 aromatic carbocycles. The van der Waals surface area contributed by atoms with Gasteiger partial charge in [-0.25, -0.2) is 9.13 Å². The number of hydrogen-bond donors (Lipinski definition) is 1. The van der Waals surface area contributed by atoms with Gasteiger partial charge in [-0.2, -0.15) is 0 Å². The molecule has 0 radical (unpaired) electrons. The Bertz CT molecular complexity index is 490. The Kier molecular flexibility index (Phi) is 5.81. The lowest BCUT2D eigenvalue weighted by Gasteiger charge is -2.13. The van der Waals surface area contributed by atoms with Crippen molar-refractivity contribution in [3.8, 4) is 0 Å². The van der Waals surface area contributed by atoms with Gasteiger partial charge in [0.05, 0.1) is 6.54 Å². The predicted molar refractivity (Wildman–Crippen MR) is 82.5 cm³/mol. The summed E-state index contributed by atoms with van der Waals surface area (Å²) >= 11 is 0. The molecule has 0 aliphatic heterocycles. The summed E-state index contributed by atoms with van der Waals surface area (Å²) in [4.78, 5) is 0. The van der Waals surface area contributed by atoms with Gasteiger partial charge in [-0.1, -0.05) is 43.7 Å². The van der Waals surface area contributed by atoms with Gasteiger partial charge in [0.15, 0.2) is 0 Å². The van der Waals surface area contributed by atoms with Crippen LogP contribution < -0.4 is 9.88 Å². The van der Waals surface area contributed by atoms with Gasteiger partial charge in [-0.15, -0.1) is 0 Å². The van der Waals surface area contributed by atoms with Crippen LogP contribution in [0.25, 0.3) is 0 Å². The second kappa shape index (κ2) is 7.85. The fourth-order valence-electron chi connectivity index (χ4n) is 2.43. The van der Waals surface area contributed by atoms with Gasteiger partial charge in [0, 0.05) is 6.04 Å². The fourth-order valence-corrected chi connectivity index (χ4v) is 2.43. The van der Waals surface area contributed by atoms with E-state index in [4.69, 9.17) is 0 Å². The second-order valence-corrected chi connectivity index (χ2v) is 5.38. The van der Waals surface area contributed by atoms with Gasteiger partial charge in [0.1, 0.15) is 18.9 Å². The topological polar surface area (TPSA) is 20.8 Å². The maximum absolute atomic E-state index is 3.42. The van der Waals surface area contributed by atoms with Crippen LogP contribution in [0.1, 0.15) is 25.3 Å². The Morgan fingerprint density at radius 3 is 2.75 bits per heavy atom. The van der Waals surface area contributed by atoms with E-state index in [9.17, 15) is 0 Å². The third kappa shape index (κ3) is 4.49. The highest BCUT2D eigenvalue weighted by atomic mass is 15.1. The van der Waals surface area contributed by atoms with Gasteiger partial charge in [-0.3, -0.25) is 0 Å². The molecule has 0 saturated heterocycles. The lowest BCUT2D eigenvalue weighted by atomic mass is 10.1. The van der Waals surface area contributed by atoms with Crippen LogP contribution >= 0.6 is 0 Å².